The summed E-state index contributed by atoms with van der Waals surface area (Å²) in [4.78, 5) is 21.7. The maximum Gasteiger partial charge on any atom is 0.343 e. The molecule has 0 saturated carbocycles. The number of hydrogen-bond acceptors (Lipinski definition) is 6. The first kappa shape index (κ1) is 28.8. The predicted molar refractivity (Wildman–Crippen MR) is 150 cm³/mol. The minimum Gasteiger partial charge on any atom is -0.492 e. The molecule has 0 bridgehead atoms. The average Bonchev–Trinajstić information content (AvgIpc) is 2.95. The highest BCUT2D eigenvalue weighted by Crippen LogP contribution is 2.23. The summed E-state index contributed by atoms with van der Waals surface area (Å²) < 4.78 is 11.3. The van der Waals surface area contributed by atoms with Gasteiger partial charge in [-0.15, -0.1) is 0 Å². The molecule has 0 aliphatic heterocycles. The van der Waals surface area contributed by atoms with E-state index < -0.39 is 5.97 Å². The summed E-state index contributed by atoms with van der Waals surface area (Å²) in [6, 6.07) is 14.0. The molecule has 1 heterocycles. The standard InChI is InChI=1S/C32H39N3O3/c1-3-5-7-9-10-11-13-25-23-34-31(35-24-25)26-14-17-29(18-15-26)38-32(36)27-16-19-30(28(21-27)22-33)37-20-12-8-6-4-2/h14-19,21,23-24H,3-13,20H2,1-2H3. The normalized spacial score (nSPS) is 10.7. The molecular formula is C32H39N3O3. The second kappa shape index (κ2) is 16.2. The van der Waals surface area contributed by atoms with Gasteiger partial charge in [0, 0.05) is 18.0 Å². The van der Waals surface area contributed by atoms with Crippen LogP contribution in [0.15, 0.2) is 54.9 Å². The van der Waals surface area contributed by atoms with Gasteiger partial charge in [0.2, 0.25) is 0 Å². The van der Waals surface area contributed by atoms with Crippen LogP contribution in [0.4, 0.5) is 0 Å². The lowest BCUT2D eigenvalue weighted by atomic mass is 10.1. The van der Waals surface area contributed by atoms with Crippen LogP contribution < -0.4 is 9.47 Å². The molecule has 6 nitrogen and oxygen atoms in total. The van der Waals surface area contributed by atoms with Gasteiger partial charge in [-0.2, -0.15) is 5.26 Å². The van der Waals surface area contributed by atoms with Crippen LogP contribution in [0.5, 0.6) is 11.5 Å². The number of rotatable bonds is 16. The van der Waals surface area contributed by atoms with E-state index in [2.05, 4.69) is 29.9 Å². The van der Waals surface area contributed by atoms with Crippen molar-refractivity contribution in [3.63, 3.8) is 0 Å². The maximum absolute atomic E-state index is 12.7. The fourth-order valence-electron chi connectivity index (χ4n) is 4.16. The van der Waals surface area contributed by atoms with Gasteiger partial charge in [0.05, 0.1) is 17.7 Å². The van der Waals surface area contributed by atoms with Crippen molar-refractivity contribution in [2.24, 2.45) is 0 Å². The molecule has 0 atom stereocenters. The summed E-state index contributed by atoms with van der Waals surface area (Å²) in [6.07, 6.45) is 16.8. The van der Waals surface area contributed by atoms with Crippen molar-refractivity contribution in [3.8, 4) is 29.0 Å². The number of hydrogen-bond donors (Lipinski definition) is 0. The van der Waals surface area contributed by atoms with Crippen LogP contribution in [0.1, 0.15) is 99.5 Å². The number of nitriles is 1. The number of aryl methyl sites for hydroxylation is 1. The number of esters is 1. The molecule has 0 amide bonds. The summed E-state index contributed by atoms with van der Waals surface area (Å²) >= 11 is 0. The van der Waals surface area contributed by atoms with E-state index >= 15 is 0 Å². The van der Waals surface area contributed by atoms with Crippen LogP contribution in [-0.2, 0) is 6.42 Å². The molecule has 1 aromatic heterocycles. The van der Waals surface area contributed by atoms with Gasteiger partial charge in [0.15, 0.2) is 5.82 Å². The fraction of sp³-hybridized carbons (Fsp3) is 0.438. The Hall–Kier alpha value is -3.72. The molecule has 200 valence electrons. The highest BCUT2D eigenvalue weighted by atomic mass is 16.5. The second-order valence-electron chi connectivity index (χ2n) is 9.58. The lowest BCUT2D eigenvalue weighted by molar-refractivity contribution is 0.0734. The number of benzene rings is 2. The highest BCUT2D eigenvalue weighted by Gasteiger charge is 2.13. The van der Waals surface area contributed by atoms with Crippen molar-refractivity contribution < 1.29 is 14.3 Å². The smallest absolute Gasteiger partial charge is 0.343 e. The van der Waals surface area contributed by atoms with Gasteiger partial charge < -0.3 is 9.47 Å². The zero-order chi connectivity index (χ0) is 27.0. The van der Waals surface area contributed by atoms with Crippen LogP contribution in [0.25, 0.3) is 11.4 Å². The van der Waals surface area contributed by atoms with Crippen molar-refractivity contribution in [1.82, 2.24) is 9.97 Å². The van der Waals surface area contributed by atoms with Crippen LogP contribution in [0, 0.1) is 11.3 Å². The van der Waals surface area contributed by atoms with E-state index in [0.717, 1.165) is 43.2 Å². The number of nitrogens with zero attached hydrogens (tertiary/aromatic N) is 3. The third-order valence-electron chi connectivity index (χ3n) is 6.44. The van der Waals surface area contributed by atoms with E-state index in [9.17, 15) is 10.1 Å². The van der Waals surface area contributed by atoms with Crippen LogP contribution >= 0.6 is 0 Å². The molecule has 0 fully saturated rings. The van der Waals surface area contributed by atoms with E-state index in [0.29, 0.717) is 35.1 Å². The van der Waals surface area contributed by atoms with Crippen molar-refractivity contribution in [2.45, 2.75) is 84.5 Å². The van der Waals surface area contributed by atoms with E-state index in [1.54, 1.807) is 24.3 Å². The molecule has 6 heteroatoms. The number of unbranched alkanes of at least 4 members (excludes halogenated alkanes) is 8. The van der Waals surface area contributed by atoms with Crippen molar-refractivity contribution in [3.05, 3.63) is 71.5 Å². The van der Waals surface area contributed by atoms with Crippen molar-refractivity contribution in [2.75, 3.05) is 6.61 Å². The Bertz CT molecular complexity index is 1170. The summed E-state index contributed by atoms with van der Waals surface area (Å²) in [5.41, 5.74) is 2.62. The van der Waals surface area contributed by atoms with Crippen LogP contribution in [0.3, 0.4) is 0 Å². The van der Waals surface area contributed by atoms with Crippen molar-refractivity contribution >= 4 is 5.97 Å². The Morgan fingerprint density at radius 1 is 0.842 bits per heavy atom. The average molecular weight is 514 g/mol. The van der Waals surface area contributed by atoms with E-state index in [-0.39, 0.29) is 0 Å². The van der Waals surface area contributed by atoms with E-state index in [4.69, 9.17) is 9.47 Å². The first-order chi connectivity index (χ1) is 18.6. The minimum absolute atomic E-state index is 0.299. The quantitative estimate of drug-likeness (QED) is 0.109. The van der Waals surface area contributed by atoms with Crippen molar-refractivity contribution in [1.29, 1.82) is 5.26 Å². The molecule has 3 aromatic rings. The summed E-state index contributed by atoms with van der Waals surface area (Å²) in [5, 5.41) is 9.50. The number of carbonyl (C=O) groups excluding carboxylic acids is 1. The predicted octanol–water partition coefficient (Wildman–Crippen LogP) is 8.10. The Morgan fingerprint density at radius 3 is 2.18 bits per heavy atom. The molecule has 0 radical (unpaired) electrons. The number of ether oxygens (including phenoxy) is 2. The lowest BCUT2D eigenvalue weighted by Gasteiger charge is -2.10. The molecule has 0 aliphatic rings. The first-order valence-corrected chi connectivity index (χ1v) is 13.9. The van der Waals surface area contributed by atoms with Gasteiger partial charge in [-0.1, -0.05) is 65.2 Å². The molecule has 0 saturated heterocycles. The van der Waals surface area contributed by atoms with Gasteiger partial charge in [0.1, 0.15) is 17.6 Å². The Kier molecular flexibility index (Phi) is 12.3. The Balaban J connectivity index is 1.52. The van der Waals surface area contributed by atoms with Gasteiger partial charge >= 0.3 is 5.97 Å². The fourth-order valence-corrected chi connectivity index (χ4v) is 4.16. The molecule has 0 unspecified atom stereocenters. The second-order valence-corrected chi connectivity index (χ2v) is 9.58. The monoisotopic (exact) mass is 513 g/mol. The summed E-state index contributed by atoms with van der Waals surface area (Å²) in [7, 11) is 0. The third kappa shape index (κ3) is 9.30. The van der Waals surface area contributed by atoms with Gasteiger partial charge in [-0.05, 0) is 67.3 Å². The minimum atomic E-state index is -0.529. The molecular weight excluding hydrogens is 474 g/mol. The SMILES string of the molecule is CCCCCCCCc1cnc(-c2ccc(OC(=O)c3ccc(OCCCCCC)c(C#N)c3)cc2)nc1. The van der Waals surface area contributed by atoms with Crippen LogP contribution in [-0.4, -0.2) is 22.5 Å². The molecule has 38 heavy (non-hydrogen) atoms. The maximum atomic E-state index is 12.7. The Labute approximate surface area is 227 Å². The molecule has 0 spiro atoms. The molecule has 3 rings (SSSR count). The first-order valence-electron chi connectivity index (χ1n) is 13.9. The lowest BCUT2D eigenvalue weighted by Crippen LogP contribution is -2.09. The zero-order valence-electron chi connectivity index (χ0n) is 22.7. The largest absolute Gasteiger partial charge is 0.492 e. The number of aromatic nitrogens is 2. The third-order valence-corrected chi connectivity index (χ3v) is 6.44. The van der Waals surface area contributed by atoms with Crippen LogP contribution in [0.2, 0.25) is 0 Å². The van der Waals surface area contributed by atoms with E-state index in [1.165, 1.54) is 44.6 Å². The number of carbonyl (C=O) groups is 1. The van der Waals surface area contributed by atoms with Gasteiger partial charge in [-0.3, -0.25) is 0 Å². The summed E-state index contributed by atoms with van der Waals surface area (Å²) in [5.74, 6) is 1.01. The zero-order valence-corrected chi connectivity index (χ0v) is 22.7. The molecule has 0 N–H and O–H groups in total. The molecule has 0 aliphatic carbocycles. The molecule has 2 aromatic carbocycles. The summed E-state index contributed by atoms with van der Waals surface area (Å²) in [6.45, 7) is 4.94. The highest BCUT2D eigenvalue weighted by molar-refractivity contribution is 5.91. The topological polar surface area (TPSA) is 85.1 Å². The Morgan fingerprint density at radius 2 is 1.50 bits per heavy atom. The van der Waals surface area contributed by atoms with Gasteiger partial charge in [-0.25, -0.2) is 14.8 Å². The van der Waals surface area contributed by atoms with Gasteiger partial charge in [0.25, 0.3) is 0 Å². The van der Waals surface area contributed by atoms with E-state index in [1.807, 2.05) is 24.5 Å².